The van der Waals surface area contributed by atoms with E-state index in [2.05, 4.69) is 10.3 Å². The highest BCUT2D eigenvalue weighted by molar-refractivity contribution is 5.81. The molecule has 1 aromatic carbocycles. The number of carbonyl (C=O) groups excluding carboxylic acids is 2. The summed E-state index contributed by atoms with van der Waals surface area (Å²) in [5.74, 6) is 0.0357. The number of nitrogens with zero attached hydrogens (tertiary/aromatic N) is 4. The summed E-state index contributed by atoms with van der Waals surface area (Å²) in [6, 6.07) is 5.30. The maximum absolute atomic E-state index is 12.4. The number of hydrogen-bond donors (Lipinski definition) is 1. The van der Waals surface area contributed by atoms with E-state index < -0.39 is 29.7 Å². The number of nitrogens with one attached hydrogen (secondary N) is 1. The van der Waals surface area contributed by atoms with Crippen LogP contribution in [-0.4, -0.2) is 44.0 Å². The number of amides is 1. The zero-order valence-electron chi connectivity index (χ0n) is 16.8. The Hall–Kier alpha value is -4.09. The number of benzene rings is 1. The molecule has 0 bridgehead atoms. The van der Waals surface area contributed by atoms with Gasteiger partial charge in [-0.15, -0.1) is 0 Å². The number of hydrogen-bond acceptors (Lipinski definition) is 8. The zero-order chi connectivity index (χ0) is 22.1. The number of esters is 1. The molecule has 2 aromatic heterocycles. The quantitative estimate of drug-likeness (QED) is 0.494. The predicted molar refractivity (Wildman–Crippen MR) is 106 cm³/mol. The molecule has 4 rings (SSSR count). The van der Waals surface area contributed by atoms with Crippen LogP contribution in [0.5, 0.6) is 11.5 Å². The van der Waals surface area contributed by atoms with Crippen LogP contribution in [-0.2, 0) is 41.5 Å². The van der Waals surface area contributed by atoms with E-state index in [-0.39, 0.29) is 31.0 Å². The average Bonchev–Trinajstić information content (AvgIpc) is 3.40. The zero-order valence-corrected chi connectivity index (χ0v) is 16.8. The number of aromatic nitrogens is 4. The first-order chi connectivity index (χ1) is 14.8. The van der Waals surface area contributed by atoms with Crippen molar-refractivity contribution in [2.24, 2.45) is 14.1 Å². The van der Waals surface area contributed by atoms with Crippen molar-refractivity contribution in [1.29, 1.82) is 0 Å². The van der Waals surface area contributed by atoms with E-state index in [0.29, 0.717) is 11.5 Å². The summed E-state index contributed by atoms with van der Waals surface area (Å²) in [6.45, 7) is -0.426. The molecule has 3 aromatic rings. The second-order valence-electron chi connectivity index (χ2n) is 6.88. The van der Waals surface area contributed by atoms with E-state index in [0.717, 1.165) is 10.1 Å². The van der Waals surface area contributed by atoms with Gasteiger partial charge >= 0.3 is 11.7 Å². The number of aryl methyl sites for hydroxylation is 1. The van der Waals surface area contributed by atoms with Crippen LogP contribution in [0.3, 0.4) is 0 Å². The van der Waals surface area contributed by atoms with Gasteiger partial charge in [0.25, 0.3) is 11.5 Å². The standard InChI is InChI=1S/C19H19N5O7/c1-22-17-16(18(27)23(2)19(22)28)24(9-21-17)7-15(26)29-8-14(25)20-6-11-3-4-12-13(5-11)31-10-30-12/h3-5,9H,6-8,10H2,1-2H3,(H,20,25). The van der Waals surface area contributed by atoms with Crippen molar-refractivity contribution in [3.05, 3.63) is 50.9 Å². The largest absolute Gasteiger partial charge is 0.454 e. The predicted octanol–water partition coefficient (Wildman–Crippen LogP) is -0.978. The molecule has 0 fully saturated rings. The molecule has 1 N–H and O–H groups in total. The van der Waals surface area contributed by atoms with Crippen molar-refractivity contribution >= 4 is 23.0 Å². The summed E-state index contributed by atoms with van der Waals surface area (Å²) in [6.07, 6.45) is 1.27. The van der Waals surface area contributed by atoms with Crippen LogP contribution >= 0.6 is 0 Å². The normalized spacial score (nSPS) is 12.2. The molecule has 0 spiro atoms. The second kappa shape index (κ2) is 7.97. The molecule has 0 saturated carbocycles. The van der Waals surface area contributed by atoms with E-state index in [9.17, 15) is 19.2 Å². The highest BCUT2D eigenvalue weighted by Crippen LogP contribution is 2.32. The Labute approximate surface area is 174 Å². The minimum Gasteiger partial charge on any atom is -0.454 e. The van der Waals surface area contributed by atoms with E-state index in [1.807, 2.05) is 0 Å². The number of rotatable bonds is 6. The number of carbonyl (C=O) groups is 2. The highest BCUT2D eigenvalue weighted by Gasteiger charge is 2.17. The molecule has 31 heavy (non-hydrogen) atoms. The van der Waals surface area contributed by atoms with Gasteiger partial charge in [0.05, 0.1) is 6.33 Å². The van der Waals surface area contributed by atoms with Gasteiger partial charge in [-0.2, -0.15) is 0 Å². The van der Waals surface area contributed by atoms with Crippen LogP contribution in [0, 0.1) is 0 Å². The van der Waals surface area contributed by atoms with E-state index >= 15 is 0 Å². The first-order valence-corrected chi connectivity index (χ1v) is 9.27. The van der Waals surface area contributed by atoms with Crippen molar-refractivity contribution in [2.45, 2.75) is 13.1 Å². The third-order valence-electron chi connectivity index (χ3n) is 4.81. The minimum absolute atomic E-state index is 0.0915. The lowest BCUT2D eigenvalue weighted by molar-refractivity contribution is -0.149. The van der Waals surface area contributed by atoms with Crippen LogP contribution < -0.4 is 26.0 Å². The summed E-state index contributed by atoms with van der Waals surface area (Å²) in [5, 5.41) is 2.64. The average molecular weight is 429 g/mol. The molecular weight excluding hydrogens is 410 g/mol. The molecule has 0 saturated heterocycles. The maximum Gasteiger partial charge on any atom is 0.332 e. The van der Waals surface area contributed by atoms with Crippen LogP contribution in [0.25, 0.3) is 11.2 Å². The van der Waals surface area contributed by atoms with Gasteiger partial charge in [0.2, 0.25) is 6.79 Å². The SMILES string of the molecule is Cn1c(=O)c2c(ncn2CC(=O)OCC(=O)NCc2ccc3c(c2)OCO3)n(C)c1=O. The van der Waals surface area contributed by atoms with Gasteiger partial charge in [-0.25, -0.2) is 9.78 Å². The second-order valence-corrected chi connectivity index (χ2v) is 6.88. The molecule has 12 heteroatoms. The Morgan fingerprint density at radius 3 is 2.74 bits per heavy atom. The van der Waals surface area contributed by atoms with Crippen molar-refractivity contribution in [3.63, 3.8) is 0 Å². The molecule has 162 valence electrons. The van der Waals surface area contributed by atoms with Crippen LogP contribution in [0.1, 0.15) is 5.56 Å². The molecule has 0 aliphatic carbocycles. The third kappa shape index (κ3) is 3.86. The van der Waals surface area contributed by atoms with Crippen LogP contribution in [0.4, 0.5) is 0 Å². The Morgan fingerprint density at radius 2 is 1.94 bits per heavy atom. The van der Waals surface area contributed by atoms with Gasteiger partial charge in [-0.1, -0.05) is 6.07 Å². The molecule has 3 heterocycles. The first-order valence-electron chi connectivity index (χ1n) is 9.27. The Kier molecular flexibility index (Phi) is 5.19. The molecule has 0 atom stereocenters. The van der Waals surface area contributed by atoms with Crippen LogP contribution in [0.15, 0.2) is 34.1 Å². The third-order valence-corrected chi connectivity index (χ3v) is 4.81. The summed E-state index contributed by atoms with van der Waals surface area (Å²) < 4.78 is 18.9. The van der Waals surface area contributed by atoms with Crippen molar-refractivity contribution in [3.8, 4) is 11.5 Å². The smallest absolute Gasteiger partial charge is 0.332 e. The Bertz CT molecular complexity index is 1300. The summed E-state index contributed by atoms with van der Waals surface area (Å²) >= 11 is 0. The molecule has 0 radical (unpaired) electrons. The lowest BCUT2D eigenvalue weighted by Crippen LogP contribution is -2.37. The molecule has 12 nitrogen and oxygen atoms in total. The highest BCUT2D eigenvalue weighted by atomic mass is 16.7. The lowest BCUT2D eigenvalue weighted by Gasteiger charge is -2.08. The number of imidazole rings is 1. The monoisotopic (exact) mass is 429 g/mol. The fourth-order valence-electron chi connectivity index (χ4n) is 3.15. The topological polar surface area (TPSA) is 136 Å². The summed E-state index contributed by atoms with van der Waals surface area (Å²) in [4.78, 5) is 52.5. The van der Waals surface area contributed by atoms with Crippen molar-refractivity contribution in [1.82, 2.24) is 24.0 Å². The van der Waals surface area contributed by atoms with Gasteiger partial charge in [0.1, 0.15) is 6.54 Å². The van der Waals surface area contributed by atoms with Gasteiger partial charge in [-0.05, 0) is 17.7 Å². The fraction of sp³-hybridized carbons (Fsp3) is 0.316. The molecule has 1 aliphatic heterocycles. The molecule has 1 aliphatic rings. The summed E-state index contributed by atoms with van der Waals surface area (Å²) in [5.41, 5.74) is -0.0548. The number of ether oxygens (including phenoxy) is 3. The Morgan fingerprint density at radius 1 is 1.16 bits per heavy atom. The molecule has 1 amide bonds. The summed E-state index contributed by atoms with van der Waals surface area (Å²) in [7, 11) is 2.81. The maximum atomic E-state index is 12.4. The Balaban J connectivity index is 1.34. The first kappa shape index (κ1) is 20.2. The number of fused-ring (bicyclic) bond motifs is 2. The van der Waals surface area contributed by atoms with Gasteiger partial charge in [-0.3, -0.25) is 23.5 Å². The molecule has 0 unspecified atom stereocenters. The lowest BCUT2D eigenvalue weighted by atomic mass is 10.2. The van der Waals surface area contributed by atoms with Gasteiger partial charge < -0.3 is 24.1 Å². The van der Waals surface area contributed by atoms with E-state index in [1.54, 1.807) is 18.2 Å². The van der Waals surface area contributed by atoms with Crippen molar-refractivity contribution < 1.29 is 23.8 Å². The van der Waals surface area contributed by atoms with Crippen LogP contribution in [0.2, 0.25) is 0 Å². The van der Waals surface area contributed by atoms with E-state index in [4.69, 9.17) is 14.2 Å². The van der Waals surface area contributed by atoms with E-state index in [1.165, 1.54) is 29.6 Å². The van der Waals surface area contributed by atoms with Crippen molar-refractivity contribution in [2.75, 3.05) is 13.4 Å². The fourth-order valence-corrected chi connectivity index (χ4v) is 3.15. The van der Waals surface area contributed by atoms with Gasteiger partial charge in [0, 0.05) is 20.6 Å². The minimum atomic E-state index is -0.728. The molecular formula is C19H19N5O7. The van der Waals surface area contributed by atoms with Gasteiger partial charge in [0.15, 0.2) is 29.3 Å².